The molecule has 1 unspecified atom stereocenters. The molecule has 1 aromatic rings. The van der Waals surface area contributed by atoms with E-state index in [1.807, 2.05) is 0 Å². The summed E-state index contributed by atoms with van der Waals surface area (Å²) in [7, 11) is -4.10. The van der Waals surface area contributed by atoms with Gasteiger partial charge in [0, 0.05) is 18.7 Å². The topological polar surface area (TPSA) is 108 Å². The van der Waals surface area contributed by atoms with Crippen LogP contribution in [0.25, 0.3) is 0 Å². The summed E-state index contributed by atoms with van der Waals surface area (Å²) in [5, 5.41) is 8.98. The first kappa shape index (κ1) is 16.6. The van der Waals surface area contributed by atoms with Crippen molar-refractivity contribution in [2.75, 3.05) is 32.8 Å². The molecule has 1 fully saturated rings. The summed E-state index contributed by atoms with van der Waals surface area (Å²) in [6.45, 7) is 0.654. The van der Waals surface area contributed by atoms with E-state index in [4.69, 9.17) is 10.00 Å². The van der Waals surface area contributed by atoms with Crippen LogP contribution in [-0.4, -0.2) is 68.2 Å². The molecule has 1 saturated heterocycles. The highest BCUT2D eigenvalue weighted by Gasteiger charge is 2.48. The molecule has 0 aromatic heterocycles. The van der Waals surface area contributed by atoms with Crippen molar-refractivity contribution >= 4 is 21.7 Å². The maximum Gasteiger partial charge on any atom is 0.249 e. The predicted octanol–water partition coefficient (Wildman–Crippen LogP) is -0.375. The van der Waals surface area contributed by atoms with Crippen LogP contribution >= 0.6 is 0 Å². The number of benzene rings is 1. The molecule has 0 radical (unpaired) electrons. The van der Waals surface area contributed by atoms with Gasteiger partial charge in [0.05, 0.1) is 24.2 Å². The summed E-state index contributed by atoms with van der Waals surface area (Å²) < 4.78 is 31.4. The van der Waals surface area contributed by atoms with Crippen molar-refractivity contribution in [1.82, 2.24) is 9.21 Å². The number of hydrogen-bond acceptors (Lipinski definition) is 6. The van der Waals surface area contributed by atoms with Crippen LogP contribution < -0.4 is 0 Å². The van der Waals surface area contributed by atoms with E-state index in [0.29, 0.717) is 17.5 Å². The summed E-state index contributed by atoms with van der Waals surface area (Å²) in [4.78, 5) is 26.8. The Hall–Kier alpha value is -2.28. The summed E-state index contributed by atoms with van der Waals surface area (Å²) in [6.07, 6.45) is 0. The molecule has 1 amide bonds. The highest BCUT2D eigenvalue weighted by molar-refractivity contribution is 7.89. The van der Waals surface area contributed by atoms with Crippen LogP contribution in [0.15, 0.2) is 29.2 Å². The molecule has 9 heteroatoms. The molecular formula is C15H15N3O5S. The van der Waals surface area contributed by atoms with E-state index in [1.54, 1.807) is 12.1 Å². The molecule has 2 aliphatic rings. The van der Waals surface area contributed by atoms with Crippen molar-refractivity contribution in [1.29, 1.82) is 5.26 Å². The van der Waals surface area contributed by atoms with E-state index < -0.39 is 34.3 Å². The number of nitriles is 1. The third-order valence-corrected chi connectivity index (χ3v) is 5.93. The highest BCUT2D eigenvalue weighted by atomic mass is 32.2. The van der Waals surface area contributed by atoms with Crippen molar-refractivity contribution in [2.45, 2.75) is 10.9 Å². The number of morpholine rings is 1. The van der Waals surface area contributed by atoms with Crippen LogP contribution in [0.5, 0.6) is 0 Å². The van der Waals surface area contributed by atoms with Gasteiger partial charge in [-0.3, -0.25) is 9.59 Å². The minimum atomic E-state index is -4.10. The lowest BCUT2D eigenvalue weighted by Crippen LogP contribution is -2.58. The molecule has 1 atom stereocenters. The standard InChI is InChI=1S/C15H15N3O5S/c16-5-6-18-13(15(20)17-7-9-23-10-8-17)14(19)11-3-1-2-4-12(11)24(18,21)22/h1-4,13H,6-10H2. The summed E-state index contributed by atoms with van der Waals surface area (Å²) >= 11 is 0. The maximum absolute atomic E-state index is 12.8. The Balaban J connectivity index is 2.08. The Morgan fingerprint density at radius 2 is 1.96 bits per heavy atom. The average Bonchev–Trinajstić information content (AvgIpc) is 2.60. The molecule has 2 aliphatic heterocycles. The molecule has 24 heavy (non-hydrogen) atoms. The van der Waals surface area contributed by atoms with Gasteiger partial charge in [-0.25, -0.2) is 8.42 Å². The largest absolute Gasteiger partial charge is 0.378 e. The van der Waals surface area contributed by atoms with Gasteiger partial charge in [0.2, 0.25) is 15.9 Å². The van der Waals surface area contributed by atoms with Crippen LogP contribution in [0.2, 0.25) is 0 Å². The first-order chi connectivity index (χ1) is 11.5. The Morgan fingerprint density at radius 1 is 1.29 bits per heavy atom. The minimum absolute atomic E-state index is 0.0155. The molecule has 3 rings (SSSR count). The zero-order valence-corrected chi connectivity index (χ0v) is 13.5. The summed E-state index contributed by atoms with van der Waals surface area (Å²) in [6, 6.07) is 5.93. The van der Waals surface area contributed by atoms with Crippen LogP contribution in [0, 0.1) is 11.3 Å². The minimum Gasteiger partial charge on any atom is -0.378 e. The average molecular weight is 349 g/mol. The maximum atomic E-state index is 12.8. The van der Waals surface area contributed by atoms with Gasteiger partial charge in [-0.05, 0) is 12.1 Å². The lowest BCUT2D eigenvalue weighted by atomic mass is 10.0. The molecule has 0 saturated carbocycles. The van der Waals surface area contributed by atoms with Crippen molar-refractivity contribution in [2.24, 2.45) is 0 Å². The van der Waals surface area contributed by atoms with Crippen molar-refractivity contribution < 1.29 is 22.7 Å². The lowest BCUT2D eigenvalue weighted by Gasteiger charge is -2.36. The zero-order chi connectivity index (χ0) is 17.3. The second-order valence-corrected chi connectivity index (χ2v) is 7.27. The fourth-order valence-electron chi connectivity index (χ4n) is 2.88. The second kappa shape index (κ2) is 6.32. The monoisotopic (exact) mass is 349 g/mol. The molecule has 0 N–H and O–H groups in total. The Kier molecular flexibility index (Phi) is 4.36. The van der Waals surface area contributed by atoms with Crippen LogP contribution in [0.4, 0.5) is 0 Å². The van der Waals surface area contributed by atoms with Gasteiger partial charge < -0.3 is 9.64 Å². The highest BCUT2D eigenvalue weighted by Crippen LogP contribution is 2.30. The molecule has 8 nitrogen and oxygen atoms in total. The molecule has 0 bridgehead atoms. The van der Waals surface area contributed by atoms with Crippen LogP contribution in [0.3, 0.4) is 0 Å². The Labute approximate surface area is 139 Å². The number of nitrogens with zero attached hydrogens (tertiary/aromatic N) is 3. The fourth-order valence-corrected chi connectivity index (χ4v) is 4.52. The van der Waals surface area contributed by atoms with Gasteiger partial charge in [0.15, 0.2) is 11.8 Å². The number of hydrogen-bond donors (Lipinski definition) is 0. The van der Waals surface area contributed by atoms with Crippen LogP contribution in [-0.2, 0) is 19.6 Å². The number of amides is 1. The number of ketones is 1. The number of rotatable bonds is 2. The molecule has 2 heterocycles. The van der Waals surface area contributed by atoms with Gasteiger partial charge in [0.25, 0.3) is 0 Å². The molecular weight excluding hydrogens is 334 g/mol. The third-order valence-electron chi connectivity index (χ3n) is 4.06. The number of fused-ring (bicyclic) bond motifs is 1. The van der Waals surface area contributed by atoms with Crippen molar-refractivity contribution in [3.63, 3.8) is 0 Å². The van der Waals surface area contributed by atoms with Gasteiger partial charge in [0.1, 0.15) is 6.54 Å². The lowest BCUT2D eigenvalue weighted by molar-refractivity contribution is -0.137. The van der Waals surface area contributed by atoms with Crippen LogP contribution in [0.1, 0.15) is 10.4 Å². The van der Waals surface area contributed by atoms with E-state index in [9.17, 15) is 18.0 Å². The van der Waals surface area contributed by atoms with Crippen molar-refractivity contribution in [3.8, 4) is 6.07 Å². The normalized spacial score (nSPS) is 23.4. The first-order valence-electron chi connectivity index (χ1n) is 7.37. The van der Waals surface area contributed by atoms with E-state index >= 15 is 0 Å². The number of sulfonamides is 1. The smallest absolute Gasteiger partial charge is 0.249 e. The predicted molar refractivity (Wildman–Crippen MR) is 81.5 cm³/mol. The van der Waals surface area contributed by atoms with Gasteiger partial charge in [-0.1, -0.05) is 12.1 Å². The van der Waals surface area contributed by atoms with E-state index in [1.165, 1.54) is 23.1 Å². The summed E-state index contributed by atoms with van der Waals surface area (Å²) in [5.41, 5.74) is -0.0155. The van der Waals surface area contributed by atoms with Crippen molar-refractivity contribution in [3.05, 3.63) is 29.8 Å². The number of carbonyl (C=O) groups is 2. The first-order valence-corrected chi connectivity index (χ1v) is 8.81. The quantitative estimate of drug-likeness (QED) is 0.532. The number of ether oxygens (including phenoxy) is 1. The molecule has 1 aromatic carbocycles. The Morgan fingerprint density at radius 3 is 2.62 bits per heavy atom. The third kappa shape index (κ3) is 2.58. The van der Waals surface area contributed by atoms with E-state index in [0.717, 1.165) is 0 Å². The van der Waals surface area contributed by atoms with Gasteiger partial charge in [-0.15, -0.1) is 0 Å². The molecule has 0 spiro atoms. The van der Waals surface area contributed by atoms with E-state index in [-0.39, 0.29) is 23.5 Å². The molecule has 0 aliphatic carbocycles. The SMILES string of the molecule is N#CCN1C(C(=O)N2CCOCC2)C(=O)c2ccccc2S1(=O)=O. The number of carbonyl (C=O) groups excluding carboxylic acids is 2. The van der Waals surface area contributed by atoms with E-state index in [2.05, 4.69) is 0 Å². The summed E-state index contributed by atoms with van der Waals surface area (Å²) in [5.74, 6) is -1.22. The number of Topliss-reactive ketones (excluding diaryl/α,β-unsaturated/α-hetero) is 1. The Bertz CT molecular complexity index is 824. The zero-order valence-electron chi connectivity index (χ0n) is 12.7. The molecule has 126 valence electrons. The van der Waals surface area contributed by atoms with Gasteiger partial charge in [-0.2, -0.15) is 9.57 Å². The second-order valence-electron chi connectivity index (χ2n) is 5.41. The fraction of sp³-hybridized carbons (Fsp3) is 0.400. The van der Waals surface area contributed by atoms with Gasteiger partial charge >= 0.3 is 0 Å².